The summed E-state index contributed by atoms with van der Waals surface area (Å²) in [5.74, 6) is 2.06. The van der Waals surface area contributed by atoms with Crippen LogP contribution in [0.3, 0.4) is 0 Å². The zero-order valence-electron chi connectivity index (χ0n) is 13.0. The summed E-state index contributed by atoms with van der Waals surface area (Å²) in [6.07, 6.45) is 3.60. The Balaban J connectivity index is 1.62. The van der Waals surface area contributed by atoms with Crippen LogP contribution < -0.4 is 4.90 Å². The molecule has 21 heavy (non-hydrogen) atoms. The predicted molar refractivity (Wildman–Crippen MR) is 82.4 cm³/mol. The molecule has 5 nitrogen and oxygen atoms in total. The van der Waals surface area contributed by atoms with E-state index in [1.807, 2.05) is 27.0 Å². The van der Waals surface area contributed by atoms with E-state index >= 15 is 0 Å². The molecule has 3 heterocycles. The number of nitrogens with zero attached hydrogens (tertiary/aromatic N) is 4. The van der Waals surface area contributed by atoms with Gasteiger partial charge < -0.3 is 9.32 Å². The molecule has 112 valence electrons. The van der Waals surface area contributed by atoms with E-state index in [0.717, 1.165) is 55.7 Å². The van der Waals surface area contributed by atoms with Crippen molar-refractivity contribution in [3.05, 3.63) is 41.2 Å². The van der Waals surface area contributed by atoms with Crippen molar-refractivity contribution < 1.29 is 4.42 Å². The first-order valence-electron chi connectivity index (χ1n) is 7.44. The van der Waals surface area contributed by atoms with Gasteiger partial charge in [-0.2, -0.15) is 0 Å². The van der Waals surface area contributed by atoms with E-state index in [1.165, 1.54) is 5.56 Å². The highest BCUT2D eigenvalue weighted by atomic mass is 16.3. The van der Waals surface area contributed by atoms with Gasteiger partial charge in [-0.1, -0.05) is 0 Å². The number of aryl methyl sites for hydroxylation is 3. The van der Waals surface area contributed by atoms with Crippen LogP contribution in [0, 0.1) is 20.8 Å². The summed E-state index contributed by atoms with van der Waals surface area (Å²) in [5.41, 5.74) is 3.28. The molecule has 0 aliphatic carbocycles. The van der Waals surface area contributed by atoms with Crippen LogP contribution >= 0.6 is 0 Å². The Morgan fingerprint density at radius 3 is 2.57 bits per heavy atom. The first kappa shape index (κ1) is 14.1. The molecule has 0 spiro atoms. The lowest BCUT2D eigenvalue weighted by atomic mass is 10.2. The van der Waals surface area contributed by atoms with Gasteiger partial charge in [0.25, 0.3) is 0 Å². The largest absolute Gasteiger partial charge is 0.469 e. The Morgan fingerprint density at radius 1 is 1.14 bits per heavy atom. The number of rotatable bonds is 3. The molecule has 2 aromatic heterocycles. The second kappa shape index (κ2) is 5.85. The smallest absolute Gasteiger partial charge is 0.150 e. The van der Waals surface area contributed by atoms with Gasteiger partial charge in [-0.15, -0.1) is 0 Å². The number of furan rings is 1. The normalized spacial score (nSPS) is 16.4. The monoisotopic (exact) mass is 286 g/mol. The molecule has 0 saturated carbocycles. The lowest BCUT2D eigenvalue weighted by molar-refractivity contribution is 0.247. The van der Waals surface area contributed by atoms with Crippen LogP contribution in [0.25, 0.3) is 0 Å². The van der Waals surface area contributed by atoms with Gasteiger partial charge in [0.15, 0.2) is 0 Å². The summed E-state index contributed by atoms with van der Waals surface area (Å²) < 4.78 is 5.37. The molecule has 5 heteroatoms. The molecule has 0 N–H and O–H groups in total. The molecule has 1 saturated heterocycles. The third-order valence-corrected chi connectivity index (χ3v) is 4.08. The molecule has 2 aromatic rings. The van der Waals surface area contributed by atoms with Crippen LogP contribution in [0.5, 0.6) is 0 Å². The fourth-order valence-electron chi connectivity index (χ4n) is 2.76. The molecule has 0 unspecified atom stereocenters. The number of piperazine rings is 1. The summed E-state index contributed by atoms with van der Waals surface area (Å²) >= 11 is 0. The molecule has 3 rings (SSSR count). The van der Waals surface area contributed by atoms with Crippen molar-refractivity contribution in [1.29, 1.82) is 0 Å². The van der Waals surface area contributed by atoms with Crippen molar-refractivity contribution in [2.45, 2.75) is 27.3 Å². The molecule has 1 fully saturated rings. The average molecular weight is 286 g/mol. The molecular formula is C16H22N4O. The summed E-state index contributed by atoms with van der Waals surface area (Å²) in [6, 6.07) is 2.07. The fraction of sp³-hybridized carbons (Fsp3) is 0.500. The Labute approximate surface area is 125 Å². The van der Waals surface area contributed by atoms with Gasteiger partial charge in [-0.3, -0.25) is 9.88 Å². The average Bonchev–Trinajstić information content (AvgIpc) is 2.88. The maximum atomic E-state index is 5.37. The third kappa shape index (κ3) is 3.08. The van der Waals surface area contributed by atoms with Crippen LogP contribution in [-0.4, -0.2) is 41.0 Å². The van der Waals surface area contributed by atoms with E-state index in [2.05, 4.69) is 25.8 Å². The molecule has 0 radical (unpaired) electrons. The highest BCUT2D eigenvalue weighted by Gasteiger charge is 2.20. The van der Waals surface area contributed by atoms with Gasteiger partial charge in [-0.25, -0.2) is 4.98 Å². The first-order chi connectivity index (χ1) is 10.1. The summed E-state index contributed by atoms with van der Waals surface area (Å²) in [4.78, 5) is 13.9. The summed E-state index contributed by atoms with van der Waals surface area (Å²) in [6.45, 7) is 11.1. The van der Waals surface area contributed by atoms with E-state index in [4.69, 9.17) is 4.42 Å². The first-order valence-corrected chi connectivity index (χ1v) is 7.44. The molecular weight excluding hydrogens is 264 g/mol. The van der Waals surface area contributed by atoms with Crippen LogP contribution in [0.1, 0.15) is 22.7 Å². The number of aromatic nitrogens is 2. The minimum atomic E-state index is 0.967. The van der Waals surface area contributed by atoms with Crippen LogP contribution in [0.4, 0.5) is 5.82 Å². The maximum Gasteiger partial charge on any atom is 0.150 e. The van der Waals surface area contributed by atoms with Gasteiger partial charge in [0.05, 0.1) is 17.7 Å². The Morgan fingerprint density at radius 2 is 1.90 bits per heavy atom. The Hall–Kier alpha value is -1.88. The summed E-state index contributed by atoms with van der Waals surface area (Å²) in [7, 11) is 0. The number of anilines is 1. The van der Waals surface area contributed by atoms with E-state index in [0.29, 0.717) is 0 Å². The minimum Gasteiger partial charge on any atom is -0.469 e. The Bertz CT molecular complexity index is 614. The van der Waals surface area contributed by atoms with E-state index < -0.39 is 0 Å². The molecule has 1 aliphatic heterocycles. The van der Waals surface area contributed by atoms with Crippen molar-refractivity contribution in [1.82, 2.24) is 14.9 Å². The van der Waals surface area contributed by atoms with Crippen molar-refractivity contribution >= 4 is 5.82 Å². The van der Waals surface area contributed by atoms with Gasteiger partial charge in [-0.05, 0) is 26.8 Å². The highest BCUT2D eigenvalue weighted by molar-refractivity contribution is 5.43. The van der Waals surface area contributed by atoms with Gasteiger partial charge >= 0.3 is 0 Å². The minimum absolute atomic E-state index is 0.967. The zero-order chi connectivity index (χ0) is 14.8. The fourth-order valence-corrected chi connectivity index (χ4v) is 2.76. The summed E-state index contributed by atoms with van der Waals surface area (Å²) in [5, 5.41) is 0. The highest BCUT2D eigenvalue weighted by Crippen LogP contribution is 2.19. The van der Waals surface area contributed by atoms with Crippen molar-refractivity contribution in [2.75, 3.05) is 31.1 Å². The van der Waals surface area contributed by atoms with E-state index in [-0.39, 0.29) is 0 Å². The van der Waals surface area contributed by atoms with E-state index in [1.54, 1.807) is 6.26 Å². The number of hydrogen-bond acceptors (Lipinski definition) is 5. The molecule has 1 aliphatic rings. The standard InChI is InChI=1S/C16H22N4O/c1-12-10-17-13(2)16(18-12)20-7-5-19(6-8-20)11-15-4-9-21-14(15)3/h4,9-10H,5-8,11H2,1-3H3. The zero-order valence-corrected chi connectivity index (χ0v) is 13.0. The Kier molecular flexibility index (Phi) is 3.92. The predicted octanol–water partition coefficient (Wildman–Crippen LogP) is 2.32. The molecule has 0 bridgehead atoms. The van der Waals surface area contributed by atoms with E-state index in [9.17, 15) is 0 Å². The van der Waals surface area contributed by atoms with Crippen LogP contribution in [0.15, 0.2) is 22.9 Å². The van der Waals surface area contributed by atoms with Crippen molar-refractivity contribution in [2.24, 2.45) is 0 Å². The van der Waals surface area contributed by atoms with Gasteiger partial charge in [0.2, 0.25) is 0 Å². The number of hydrogen-bond donors (Lipinski definition) is 0. The quantitative estimate of drug-likeness (QED) is 0.866. The molecule has 0 amide bonds. The molecule has 0 atom stereocenters. The SMILES string of the molecule is Cc1cnc(C)c(N2CCN(Cc3ccoc3C)CC2)n1. The second-order valence-corrected chi connectivity index (χ2v) is 5.69. The van der Waals surface area contributed by atoms with Crippen molar-refractivity contribution in [3.8, 4) is 0 Å². The lowest BCUT2D eigenvalue weighted by Gasteiger charge is -2.35. The van der Waals surface area contributed by atoms with Crippen LogP contribution in [-0.2, 0) is 6.54 Å². The second-order valence-electron chi connectivity index (χ2n) is 5.69. The lowest BCUT2D eigenvalue weighted by Crippen LogP contribution is -2.46. The van der Waals surface area contributed by atoms with Gasteiger partial charge in [0.1, 0.15) is 11.6 Å². The molecule has 0 aromatic carbocycles. The van der Waals surface area contributed by atoms with Crippen molar-refractivity contribution in [3.63, 3.8) is 0 Å². The topological polar surface area (TPSA) is 45.4 Å². The maximum absolute atomic E-state index is 5.37. The van der Waals surface area contributed by atoms with Crippen LogP contribution in [0.2, 0.25) is 0 Å². The van der Waals surface area contributed by atoms with Gasteiger partial charge in [0, 0.05) is 44.5 Å². The third-order valence-electron chi connectivity index (χ3n) is 4.08.